The van der Waals surface area contributed by atoms with Crippen molar-refractivity contribution in [3.63, 3.8) is 0 Å². The van der Waals surface area contributed by atoms with E-state index < -0.39 is 11.7 Å². The molecule has 3 fully saturated rings. The average molecular weight is 501 g/mol. The second-order valence-corrected chi connectivity index (χ2v) is 10.7. The van der Waals surface area contributed by atoms with Crippen molar-refractivity contribution in [2.75, 3.05) is 38.2 Å². The highest BCUT2D eigenvalue weighted by atomic mass is 19.4. The Morgan fingerprint density at radius 2 is 1.81 bits per heavy atom. The van der Waals surface area contributed by atoms with E-state index in [1.54, 1.807) is 36.1 Å². The van der Waals surface area contributed by atoms with Crippen molar-refractivity contribution >= 4 is 16.7 Å². The lowest BCUT2D eigenvalue weighted by atomic mass is 10.00. The summed E-state index contributed by atoms with van der Waals surface area (Å²) < 4.78 is 49.2. The first kappa shape index (κ1) is 23.7. The van der Waals surface area contributed by atoms with Crippen molar-refractivity contribution in [2.24, 2.45) is 24.8 Å². The predicted molar refractivity (Wildman–Crippen MR) is 130 cm³/mol. The smallest absolute Gasteiger partial charge is 0.381 e. The van der Waals surface area contributed by atoms with Gasteiger partial charge < -0.3 is 15.0 Å². The second-order valence-electron chi connectivity index (χ2n) is 10.7. The number of rotatable bonds is 5. The van der Waals surface area contributed by atoms with Gasteiger partial charge in [-0.25, -0.2) is 0 Å². The number of aryl methyl sites for hydroxylation is 1. The molecule has 10 heteroatoms. The fourth-order valence-corrected chi connectivity index (χ4v) is 6.36. The monoisotopic (exact) mass is 500 g/mol. The molecular formula is C26H31F3N6O. The van der Waals surface area contributed by atoms with E-state index in [9.17, 15) is 13.2 Å². The molecule has 3 aliphatic rings. The van der Waals surface area contributed by atoms with Crippen LogP contribution in [0.15, 0.2) is 30.5 Å². The molecule has 4 heterocycles. The number of halogens is 3. The Bertz CT molecular complexity index is 1220. The largest absolute Gasteiger partial charge is 0.418 e. The number of fused-ring (bicyclic) bond motifs is 2. The number of alkyl halides is 3. The van der Waals surface area contributed by atoms with Crippen LogP contribution in [0.2, 0.25) is 0 Å². The quantitative estimate of drug-likeness (QED) is 0.553. The summed E-state index contributed by atoms with van der Waals surface area (Å²) in [6.45, 7) is 5.04. The molecular weight excluding hydrogens is 469 g/mol. The van der Waals surface area contributed by atoms with Gasteiger partial charge in [-0.2, -0.15) is 18.3 Å². The summed E-state index contributed by atoms with van der Waals surface area (Å²) in [5.74, 6) is 2.09. The van der Waals surface area contributed by atoms with Crippen molar-refractivity contribution < 1.29 is 17.9 Å². The molecule has 0 bridgehead atoms. The lowest BCUT2D eigenvalue weighted by Crippen LogP contribution is -2.32. The molecule has 0 spiro atoms. The Morgan fingerprint density at radius 3 is 2.53 bits per heavy atom. The Kier molecular flexibility index (Phi) is 6.11. The molecule has 0 radical (unpaired) electrons. The summed E-state index contributed by atoms with van der Waals surface area (Å²) in [7, 11) is 1.78. The van der Waals surface area contributed by atoms with E-state index in [2.05, 4.69) is 25.5 Å². The SMILES string of the molecule is Cn1cc2cc(-c3nnc(NC4CC5CN(CC6CCOCC6)C[C@H]5C4)cc3C(F)(F)F)ccc2n1. The lowest BCUT2D eigenvalue weighted by molar-refractivity contribution is -0.137. The highest BCUT2D eigenvalue weighted by molar-refractivity contribution is 5.84. The van der Waals surface area contributed by atoms with Gasteiger partial charge in [-0.05, 0) is 61.6 Å². The fourth-order valence-electron chi connectivity index (χ4n) is 6.36. The van der Waals surface area contributed by atoms with Crippen LogP contribution in [-0.4, -0.2) is 63.8 Å². The third-order valence-electron chi connectivity index (χ3n) is 8.03. The van der Waals surface area contributed by atoms with Crippen LogP contribution < -0.4 is 5.32 Å². The topological polar surface area (TPSA) is 68.1 Å². The summed E-state index contributed by atoms with van der Waals surface area (Å²) in [5, 5.41) is 16.5. The molecule has 0 amide bonds. The second kappa shape index (κ2) is 9.30. The van der Waals surface area contributed by atoms with Crippen LogP contribution in [0.4, 0.5) is 19.0 Å². The number of nitrogens with zero attached hydrogens (tertiary/aromatic N) is 5. The molecule has 1 N–H and O–H groups in total. The first-order valence-corrected chi connectivity index (χ1v) is 12.8. The molecule has 2 aromatic heterocycles. The third-order valence-corrected chi connectivity index (χ3v) is 8.03. The number of ether oxygens (including phenoxy) is 1. The molecule has 2 saturated heterocycles. The van der Waals surface area contributed by atoms with Gasteiger partial charge in [0.1, 0.15) is 11.5 Å². The maximum atomic E-state index is 14.0. The van der Waals surface area contributed by atoms with Gasteiger partial charge in [0.15, 0.2) is 0 Å². The Labute approximate surface area is 208 Å². The fraction of sp³-hybridized carbons (Fsp3) is 0.577. The van der Waals surface area contributed by atoms with Gasteiger partial charge >= 0.3 is 6.18 Å². The molecule has 192 valence electrons. The number of hydrogen-bond donors (Lipinski definition) is 1. The third kappa shape index (κ3) is 4.80. The first-order valence-electron chi connectivity index (χ1n) is 12.8. The maximum Gasteiger partial charge on any atom is 0.418 e. The zero-order valence-corrected chi connectivity index (χ0v) is 20.3. The van der Waals surface area contributed by atoms with Crippen molar-refractivity contribution in [1.82, 2.24) is 24.9 Å². The maximum absolute atomic E-state index is 14.0. The number of likely N-dealkylation sites (tertiary alicyclic amines) is 1. The van der Waals surface area contributed by atoms with Crippen molar-refractivity contribution in [2.45, 2.75) is 37.9 Å². The molecule has 1 aliphatic carbocycles. The van der Waals surface area contributed by atoms with Crippen LogP contribution in [0.3, 0.4) is 0 Å². The van der Waals surface area contributed by atoms with Gasteiger partial charge in [0.2, 0.25) is 0 Å². The van der Waals surface area contributed by atoms with Gasteiger partial charge in [-0.1, -0.05) is 6.07 Å². The van der Waals surface area contributed by atoms with Gasteiger partial charge in [0, 0.05) is 63.1 Å². The zero-order valence-electron chi connectivity index (χ0n) is 20.3. The minimum atomic E-state index is -4.54. The molecule has 2 unspecified atom stereocenters. The van der Waals surface area contributed by atoms with E-state index in [0.29, 0.717) is 17.4 Å². The van der Waals surface area contributed by atoms with Crippen LogP contribution in [0.5, 0.6) is 0 Å². The number of aromatic nitrogens is 4. The van der Waals surface area contributed by atoms with E-state index in [4.69, 9.17) is 4.74 Å². The average Bonchev–Trinajstić information content (AvgIpc) is 3.50. The summed E-state index contributed by atoms with van der Waals surface area (Å²) in [5.41, 5.74) is 0.163. The van der Waals surface area contributed by atoms with E-state index in [0.717, 1.165) is 81.4 Å². The molecule has 1 saturated carbocycles. The number of nitrogens with one attached hydrogen (secondary N) is 1. The minimum Gasteiger partial charge on any atom is -0.381 e. The van der Waals surface area contributed by atoms with Gasteiger partial charge in [0.05, 0.1) is 11.1 Å². The van der Waals surface area contributed by atoms with Crippen molar-refractivity contribution in [3.05, 3.63) is 36.0 Å². The van der Waals surface area contributed by atoms with Gasteiger partial charge in [0.25, 0.3) is 0 Å². The normalized spacial score (nSPS) is 25.5. The summed E-state index contributed by atoms with van der Waals surface area (Å²) >= 11 is 0. The van der Waals surface area contributed by atoms with Crippen LogP contribution in [0.1, 0.15) is 31.2 Å². The van der Waals surface area contributed by atoms with Gasteiger partial charge in [-0.15, -0.1) is 10.2 Å². The molecule has 7 nitrogen and oxygen atoms in total. The highest BCUT2D eigenvalue weighted by Crippen LogP contribution is 2.41. The van der Waals surface area contributed by atoms with E-state index in [-0.39, 0.29) is 17.6 Å². The molecule has 3 aromatic rings. The van der Waals surface area contributed by atoms with Crippen molar-refractivity contribution in [1.29, 1.82) is 0 Å². The van der Waals surface area contributed by atoms with E-state index in [1.165, 1.54) is 0 Å². The Balaban J connectivity index is 1.14. The molecule has 2 aliphatic heterocycles. The van der Waals surface area contributed by atoms with E-state index in [1.807, 2.05) is 0 Å². The van der Waals surface area contributed by atoms with Crippen LogP contribution in [0.25, 0.3) is 22.2 Å². The Morgan fingerprint density at radius 1 is 1.06 bits per heavy atom. The molecule has 3 atom stereocenters. The zero-order chi connectivity index (χ0) is 24.9. The predicted octanol–water partition coefficient (Wildman–Crippen LogP) is 4.60. The van der Waals surface area contributed by atoms with Crippen LogP contribution in [-0.2, 0) is 18.0 Å². The highest BCUT2D eigenvalue weighted by Gasteiger charge is 2.42. The number of hydrogen-bond acceptors (Lipinski definition) is 6. The standard InChI is InChI=1S/C26H31F3N6O/c1-34-13-20-8-17(2-3-23(20)33-34)25-22(26(27,28)29)11-24(31-32-25)30-21-9-18-14-35(15-19(18)10-21)12-16-4-6-36-7-5-16/h2-3,8,11,13,16,18-19,21H,4-7,9-10,12,14-15H2,1H3,(H,30,31)/t18-,19?,21?/m1/s1. The van der Waals surface area contributed by atoms with E-state index >= 15 is 0 Å². The van der Waals surface area contributed by atoms with Crippen LogP contribution in [0, 0.1) is 17.8 Å². The molecule has 6 rings (SSSR count). The minimum absolute atomic E-state index is 0.123. The van der Waals surface area contributed by atoms with Crippen LogP contribution >= 0.6 is 0 Å². The summed E-state index contributed by atoms with van der Waals surface area (Å²) in [6.07, 6.45) is 1.43. The summed E-state index contributed by atoms with van der Waals surface area (Å²) in [4.78, 5) is 2.58. The molecule has 36 heavy (non-hydrogen) atoms. The number of anilines is 1. The van der Waals surface area contributed by atoms with Crippen molar-refractivity contribution in [3.8, 4) is 11.3 Å². The lowest BCUT2D eigenvalue weighted by Gasteiger charge is -2.27. The Hall–Kier alpha value is -2.72. The summed E-state index contributed by atoms with van der Waals surface area (Å²) in [6, 6.07) is 6.24. The number of benzene rings is 1. The molecule has 1 aromatic carbocycles. The first-order chi connectivity index (χ1) is 17.3. The van der Waals surface area contributed by atoms with Gasteiger partial charge in [-0.3, -0.25) is 4.68 Å².